The van der Waals surface area contributed by atoms with Crippen molar-refractivity contribution in [3.63, 3.8) is 0 Å². The molecule has 0 radical (unpaired) electrons. The molecule has 1 fully saturated rings. The van der Waals surface area contributed by atoms with Crippen molar-refractivity contribution < 1.29 is 23.1 Å². The standard InChI is InChI=1S/C33H40N2O5S2/c1-23-9-7-8-12-28(23)30-20-25(13-16-29(30)32(36)34-31(33(37)38)17-18-42(3,39)40)21-35-26(14-15-27(35)22-41-2)19-24-10-5-4-6-11-24/h4-13,16,20,26-27,31H,14-15,17-19,21-22H2,1-3H3,(H,34,36)(H,37,38)/t26-,27+,31?/m0/s1. The molecular weight excluding hydrogens is 569 g/mol. The third-order valence-electron chi connectivity index (χ3n) is 7.95. The molecule has 42 heavy (non-hydrogen) atoms. The Bertz CT molecular complexity index is 1490. The molecule has 0 aliphatic carbocycles. The average Bonchev–Trinajstić information content (AvgIpc) is 3.31. The van der Waals surface area contributed by atoms with E-state index < -0.39 is 27.8 Å². The van der Waals surface area contributed by atoms with Crippen LogP contribution in [0, 0.1) is 6.92 Å². The summed E-state index contributed by atoms with van der Waals surface area (Å²) in [4.78, 5) is 28.0. The highest BCUT2D eigenvalue weighted by atomic mass is 32.2. The van der Waals surface area contributed by atoms with Gasteiger partial charge in [-0.25, -0.2) is 13.2 Å². The highest BCUT2D eigenvalue weighted by molar-refractivity contribution is 7.98. The third-order valence-corrected chi connectivity index (χ3v) is 9.65. The predicted octanol–water partition coefficient (Wildman–Crippen LogP) is 5.22. The van der Waals surface area contributed by atoms with Crippen LogP contribution in [-0.4, -0.2) is 72.4 Å². The summed E-state index contributed by atoms with van der Waals surface area (Å²) in [5.74, 6) is -1.07. The largest absolute Gasteiger partial charge is 0.480 e. The summed E-state index contributed by atoms with van der Waals surface area (Å²) in [6, 6.07) is 23.8. The maximum atomic E-state index is 13.5. The fourth-order valence-corrected chi connectivity index (χ4v) is 7.18. The van der Waals surface area contributed by atoms with Crippen LogP contribution in [0.1, 0.15) is 46.3 Å². The zero-order valence-electron chi connectivity index (χ0n) is 24.5. The summed E-state index contributed by atoms with van der Waals surface area (Å²) in [5.41, 5.74) is 5.41. The van der Waals surface area contributed by atoms with Crippen LogP contribution in [0.5, 0.6) is 0 Å². The van der Waals surface area contributed by atoms with Crippen molar-refractivity contribution >= 4 is 33.5 Å². The molecule has 1 heterocycles. The maximum Gasteiger partial charge on any atom is 0.326 e. The molecule has 0 saturated carbocycles. The Morgan fingerprint density at radius 1 is 0.976 bits per heavy atom. The lowest BCUT2D eigenvalue weighted by Crippen LogP contribution is -2.42. The van der Waals surface area contributed by atoms with Gasteiger partial charge >= 0.3 is 5.97 Å². The number of rotatable bonds is 13. The fraction of sp³-hybridized carbons (Fsp3) is 0.394. The monoisotopic (exact) mass is 608 g/mol. The summed E-state index contributed by atoms with van der Waals surface area (Å²) in [6.07, 6.45) is 6.26. The lowest BCUT2D eigenvalue weighted by Gasteiger charge is -2.30. The minimum absolute atomic E-state index is 0.202. The van der Waals surface area contributed by atoms with Gasteiger partial charge in [-0.1, -0.05) is 60.7 Å². The lowest BCUT2D eigenvalue weighted by atomic mass is 9.93. The maximum absolute atomic E-state index is 13.5. The number of amides is 1. The Kier molecular flexibility index (Phi) is 10.9. The van der Waals surface area contributed by atoms with Gasteiger partial charge in [-0.3, -0.25) is 9.69 Å². The first-order chi connectivity index (χ1) is 20.1. The van der Waals surface area contributed by atoms with E-state index in [1.54, 1.807) is 6.07 Å². The molecule has 3 atom stereocenters. The van der Waals surface area contributed by atoms with Crippen LogP contribution < -0.4 is 5.32 Å². The normalized spacial score (nSPS) is 18.1. The molecule has 2 N–H and O–H groups in total. The van der Waals surface area contributed by atoms with Crippen LogP contribution >= 0.6 is 11.8 Å². The number of thioether (sulfide) groups is 1. The first-order valence-electron chi connectivity index (χ1n) is 14.2. The smallest absolute Gasteiger partial charge is 0.326 e. The molecule has 0 spiro atoms. The molecule has 3 aromatic rings. The van der Waals surface area contributed by atoms with Gasteiger partial charge in [-0.15, -0.1) is 0 Å². The molecule has 1 unspecified atom stereocenters. The molecule has 4 rings (SSSR count). The minimum atomic E-state index is -3.38. The van der Waals surface area contributed by atoms with E-state index in [2.05, 4.69) is 46.8 Å². The number of benzene rings is 3. The van der Waals surface area contributed by atoms with Gasteiger partial charge in [0.25, 0.3) is 5.91 Å². The Labute approximate surface area is 253 Å². The van der Waals surface area contributed by atoms with Crippen LogP contribution in [-0.2, 0) is 27.6 Å². The van der Waals surface area contributed by atoms with E-state index in [9.17, 15) is 23.1 Å². The zero-order chi connectivity index (χ0) is 30.3. The molecule has 1 saturated heterocycles. The first-order valence-corrected chi connectivity index (χ1v) is 17.7. The molecule has 224 valence electrons. The summed E-state index contributed by atoms with van der Waals surface area (Å²) in [5, 5.41) is 12.3. The lowest BCUT2D eigenvalue weighted by molar-refractivity contribution is -0.139. The van der Waals surface area contributed by atoms with Crippen molar-refractivity contribution in [1.29, 1.82) is 0 Å². The van der Waals surface area contributed by atoms with E-state index in [1.165, 1.54) is 5.56 Å². The van der Waals surface area contributed by atoms with E-state index in [-0.39, 0.29) is 12.2 Å². The molecule has 7 nitrogen and oxygen atoms in total. The second kappa shape index (κ2) is 14.4. The summed E-state index contributed by atoms with van der Waals surface area (Å²) in [6.45, 7) is 2.73. The van der Waals surface area contributed by atoms with Gasteiger partial charge in [-0.05, 0) is 78.8 Å². The molecule has 1 aliphatic rings. The van der Waals surface area contributed by atoms with Crippen LogP contribution in [0.3, 0.4) is 0 Å². The number of aliphatic carboxylic acids is 1. The van der Waals surface area contributed by atoms with E-state index in [1.807, 2.05) is 55.1 Å². The van der Waals surface area contributed by atoms with Gasteiger partial charge in [0.15, 0.2) is 0 Å². The van der Waals surface area contributed by atoms with Gasteiger partial charge in [0.1, 0.15) is 15.9 Å². The predicted molar refractivity (Wildman–Crippen MR) is 171 cm³/mol. The van der Waals surface area contributed by atoms with Crippen molar-refractivity contribution in [2.45, 2.75) is 57.3 Å². The zero-order valence-corrected chi connectivity index (χ0v) is 26.1. The summed E-state index contributed by atoms with van der Waals surface area (Å²) < 4.78 is 23.3. The van der Waals surface area contributed by atoms with E-state index in [0.29, 0.717) is 17.6 Å². The highest BCUT2D eigenvalue weighted by Crippen LogP contribution is 2.33. The van der Waals surface area contributed by atoms with Crippen molar-refractivity contribution in [1.82, 2.24) is 10.2 Å². The molecule has 1 aliphatic heterocycles. The molecule has 0 aromatic heterocycles. The first kappa shape index (κ1) is 31.8. The van der Waals surface area contributed by atoms with Crippen LogP contribution in [0.2, 0.25) is 0 Å². The molecule has 3 aromatic carbocycles. The highest BCUT2D eigenvalue weighted by Gasteiger charge is 2.33. The minimum Gasteiger partial charge on any atom is -0.480 e. The van der Waals surface area contributed by atoms with Crippen molar-refractivity contribution in [3.05, 3.63) is 95.1 Å². The van der Waals surface area contributed by atoms with Crippen molar-refractivity contribution in [3.8, 4) is 11.1 Å². The van der Waals surface area contributed by atoms with Gasteiger partial charge in [0.2, 0.25) is 0 Å². The molecule has 9 heteroatoms. The van der Waals surface area contributed by atoms with E-state index in [0.717, 1.165) is 60.1 Å². The number of hydrogen-bond acceptors (Lipinski definition) is 6. The number of sulfone groups is 1. The van der Waals surface area contributed by atoms with E-state index in [4.69, 9.17) is 0 Å². The molecular formula is C33H40N2O5S2. The number of likely N-dealkylation sites (tertiary alicyclic amines) is 1. The third kappa shape index (κ3) is 8.46. The fourth-order valence-electron chi connectivity index (χ4n) is 5.77. The SMILES string of the molecule is CSC[C@H]1CC[C@@H](Cc2ccccc2)N1Cc1ccc(C(=O)NC(CCS(C)(=O)=O)C(=O)O)c(-c2ccccc2C)c1. The van der Waals surface area contributed by atoms with E-state index >= 15 is 0 Å². The molecule has 0 bridgehead atoms. The summed E-state index contributed by atoms with van der Waals surface area (Å²) >= 11 is 1.86. The Morgan fingerprint density at radius 3 is 2.33 bits per heavy atom. The number of nitrogens with zero attached hydrogens (tertiary/aromatic N) is 1. The van der Waals surface area contributed by atoms with Crippen molar-refractivity contribution in [2.75, 3.05) is 24.0 Å². The second-order valence-corrected chi connectivity index (χ2v) is 14.4. The van der Waals surface area contributed by atoms with Gasteiger partial charge in [0.05, 0.1) is 5.75 Å². The van der Waals surface area contributed by atoms with Gasteiger partial charge in [0, 0.05) is 36.2 Å². The number of carbonyl (C=O) groups is 2. The number of aryl methyl sites for hydroxylation is 1. The van der Waals surface area contributed by atoms with Crippen LogP contribution in [0.15, 0.2) is 72.8 Å². The second-order valence-electron chi connectivity index (χ2n) is 11.2. The number of hydrogen-bond donors (Lipinski definition) is 2. The summed E-state index contributed by atoms with van der Waals surface area (Å²) in [7, 11) is -3.38. The number of carboxylic acid groups (broad SMARTS) is 1. The quantitative estimate of drug-likeness (QED) is 0.274. The Balaban J connectivity index is 1.65. The Morgan fingerprint density at radius 2 is 1.67 bits per heavy atom. The Hall–Kier alpha value is -3.14. The van der Waals surface area contributed by atoms with Crippen LogP contribution in [0.4, 0.5) is 0 Å². The molecule has 1 amide bonds. The number of nitrogens with one attached hydrogen (secondary N) is 1. The number of carboxylic acids is 1. The average molecular weight is 609 g/mol. The van der Waals surface area contributed by atoms with Gasteiger partial charge < -0.3 is 10.4 Å². The van der Waals surface area contributed by atoms with Gasteiger partial charge in [-0.2, -0.15) is 11.8 Å². The number of carbonyl (C=O) groups excluding carboxylic acids is 1. The van der Waals surface area contributed by atoms with Crippen LogP contribution in [0.25, 0.3) is 11.1 Å². The topological polar surface area (TPSA) is 104 Å². The van der Waals surface area contributed by atoms with Crippen molar-refractivity contribution in [2.24, 2.45) is 0 Å².